The van der Waals surface area contributed by atoms with Crippen LogP contribution >= 0.6 is 0 Å². The molecule has 2 aliphatic rings. The van der Waals surface area contributed by atoms with Crippen molar-refractivity contribution in [2.75, 3.05) is 20.8 Å². The first-order valence-electron chi connectivity index (χ1n) is 11.2. The topological polar surface area (TPSA) is 73.9 Å². The Bertz CT molecular complexity index is 1110. The zero-order valence-corrected chi connectivity index (χ0v) is 19.4. The molecule has 6 heteroatoms. The van der Waals surface area contributed by atoms with E-state index in [-0.39, 0.29) is 11.7 Å². The van der Waals surface area contributed by atoms with Crippen LogP contribution < -0.4 is 14.8 Å². The first-order chi connectivity index (χ1) is 16.0. The molecule has 2 aromatic carbocycles. The third kappa shape index (κ3) is 4.38. The number of rotatable bonds is 6. The molecule has 1 aliphatic carbocycles. The lowest BCUT2D eigenvalue weighted by Gasteiger charge is -2.36. The standard InChI is InChI=1S/C27H29NO5/c1-5-33-21-12-8-18(9-13-21)25-24(27(30)32-4)16(2)28-22-14-19(15-23(29)26(22)25)17-6-10-20(31-3)11-7-17/h6-13,19,25,28H,5,14-15H2,1-4H3/t19-,25-/m0/s1. The molecule has 1 aliphatic heterocycles. The molecule has 0 fully saturated rings. The molecule has 0 radical (unpaired) electrons. The highest BCUT2D eigenvalue weighted by molar-refractivity contribution is 6.04. The molecule has 6 nitrogen and oxygen atoms in total. The molecule has 0 amide bonds. The van der Waals surface area contributed by atoms with Gasteiger partial charge >= 0.3 is 5.97 Å². The van der Waals surface area contributed by atoms with Crippen molar-refractivity contribution in [3.8, 4) is 11.5 Å². The summed E-state index contributed by atoms with van der Waals surface area (Å²) < 4.78 is 15.9. The van der Waals surface area contributed by atoms with Gasteiger partial charge in [0, 0.05) is 29.3 Å². The van der Waals surface area contributed by atoms with Crippen LogP contribution in [0.1, 0.15) is 49.7 Å². The number of carbonyl (C=O) groups excluding carboxylic acids is 2. The van der Waals surface area contributed by atoms with Crippen molar-refractivity contribution in [2.24, 2.45) is 0 Å². The quantitative estimate of drug-likeness (QED) is 0.651. The van der Waals surface area contributed by atoms with Gasteiger partial charge in [-0.05, 0) is 61.6 Å². The number of Topliss-reactive ketones (excluding diaryl/α,β-unsaturated/α-hetero) is 1. The maximum Gasteiger partial charge on any atom is 0.336 e. The largest absolute Gasteiger partial charge is 0.497 e. The van der Waals surface area contributed by atoms with E-state index in [9.17, 15) is 9.59 Å². The number of hydrogen-bond acceptors (Lipinski definition) is 6. The van der Waals surface area contributed by atoms with Gasteiger partial charge in [0.1, 0.15) is 11.5 Å². The molecule has 0 bridgehead atoms. The predicted octanol–water partition coefficient (Wildman–Crippen LogP) is 4.63. The van der Waals surface area contributed by atoms with Gasteiger partial charge in [-0.3, -0.25) is 4.79 Å². The minimum absolute atomic E-state index is 0.0392. The highest BCUT2D eigenvalue weighted by Crippen LogP contribution is 2.46. The van der Waals surface area contributed by atoms with E-state index >= 15 is 0 Å². The second-order valence-electron chi connectivity index (χ2n) is 8.28. The Kier molecular flexibility index (Phi) is 6.54. The Labute approximate surface area is 194 Å². The zero-order valence-electron chi connectivity index (χ0n) is 19.4. The van der Waals surface area contributed by atoms with Gasteiger partial charge < -0.3 is 19.5 Å². The van der Waals surface area contributed by atoms with E-state index in [2.05, 4.69) is 5.32 Å². The number of ketones is 1. The zero-order chi connectivity index (χ0) is 23.5. The number of methoxy groups -OCH3 is 2. The van der Waals surface area contributed by atoms with E-state index < -0.39 is 11.9 Å². The minimum Gasteiger partial charge on any atom is -0.497 e. The van der Waals surface area contributed by atoms with Gasteiger partial charge in [0.25, 0.3) is 0 Å². The summed E-state index contributed by atoms with van der Waals surface area (Å²) in [5.41, 5.74) is 4.66. The van der Waals surface area contributed by atoms with Crippen LogP contribution in [0.5, 0.6) is 11.5 Å². The van der Waals surface area contributed by atoms with E-state index in [1.807, 2.05) is 62.4 Å². The number of ether oxygens (including phenoxy) is 3. The average Bonchev–Trinajstić information content (AvgIpc) is 2.83. The minimum atomic E-state index is -0.478. The summed E-state index contributed by atoms with van der Waals surface area (Å²) in [6, 6.07) is 15.4. The van der Waals surface area contributed by atoms with E-state index in [1.165, 1.54) is 7.11 Å². The van der Waals surface area contributed by atoms with Crippen LogP contribution in [0.4, 0.5) is 0 Å². The molecule has 2 atom stereocenters. The molecular weight excluding hydrogens is 418 g/mol. The maximum atomic E-state index is 13.5. The SMILES string of the molecule is CCOc1ccc([C@H]2C(C(=O)OC)=C(C)NC3=C2C(=O)C[C@@H](c2ccc(OC)cc2)C3)cc1. The molecular formula is C27H29NO5. The van der Waals surface area contributed by atoms with E-state index in [4.69, 9.17) is 14.2 Å². The number of allylic oxidation sites excluding steroid dienone is 3. The smallest absolute Gasteiger partial charge is 0.336 e. The second kappa shape index (κ2) is 9.53. The fourth-order valence-corrected chi connectivity index (χ4v) is 4.79. The Balaban J connectivity index is 1.74. The van der Waals surface area contributed by atoms with Crippen molar-refractivity contribution < 1.29 is 23.8 Å². The van der Waals surface area contributed by atoms with Crippen molar-refractivity contribution in [1.29, 1.82) is 0 Å². The van der Waals surface area contributed by atoms with Crippen LogP contribution in [-0.2, 0) is 14.3 Å². The van der Waals surface area contributed by atoms with Crippen molar-refractivity contribution >= 4 is 11.8 Å². The summed E-state index contributed by atoms with van der Waals surface area (Å²) >= 11 is 0. The third-order valence-corrected chi connectivity index (χ3v) is 6.34. The molecule has 4 rings (SSSR count). The van der Waals surface area contributed by atoms with Gasteiger partial charge in [-0.15, -0.1) is 0 Å². The summed E-state index contributed by atoms with van der Waals surface area (Å²) in [4.78, 5) is 26.3. The van der Waals surface area contributed by atoms with Crippen molar-refractivity contribution in [2.45, 2.75) is 38.5 Å². The molecule has 33 heavy (non-hydrogen) atoms. The van der Waals surface area contributed by atoms with Gasteiger partial charge in [0.15, 0.2) is 5.78 Å². The van der Waals surface area contributed by atoms with Crippen molar-refractivity contribution in [3.63, 3.8) is 0 Å². The molecule has 1 heterocycles. The van der Waals surface area contributed by atoms with Gasteiger partial charge in [-0.25, -0.2) is 4.79 Å². The number of dihydropyridines is 1. The van der Waals surface area contributed by atoms with Gasteiger partial charge in [-0.1, -0.05) is 24.3 Å². The fraction of sp³-hybridized carbons (Fsp3) is 0.333. The first-order valence-corrected chi connectivity index (χ1v) is 11.2. The van der Waals surface area contributed by atoms with Crippen molar-refractivity contribution in [3.05, 3.63) is 82.2 Å². The number of benzene rings is 2. The number of hydrogen-bond donors (Lipinski definition) is 1. The van der Waals surface area contributed by atoms with Gasteiger partial charge in [-0.2, -0.15) is 0 Å². The normalized spacial score (nSPS) is 20.2. The summed E-state index contributed by atoms with van der Waals surface area (Å²) in [5, 5.41) is 3.36. The molecule has 1 N–H and O–H groups in total. The van der Waals surface area contributed by atoms with Gasteiger partial charge in [0.2, 0.25) is 0 Å². The highest BCUT2D eigenvalue weighted by atomic mass is 16.5. The number of nitrogens with one attached hydrogen (secondary N) is 1. The lowest BCUT2D eigenvalue weighted by atomic mass is 9.71. The fourth-order valence-electron chi connectivity index (χ4n) is 4.79. The Morgan fingerprint density at radius 1 is 0.970 bits per heavy atom. The molecule has 172 valence electrons. The van der Waals surface area contributed by atoms with Crippen LogP contribution in [0.2, 0.25) is 0 Å². The predicted molar refractivity (Wildman–Crippen MR) is 125 cm³/mol. The van der Waals surface area contributed by atoms with E-state index in [0.29, 0.717) is 36.3 Å². The summed E-state index contributed by atoms with van der Waals surface area (Å²) in [6.07, 6.45) is 1.07. The Morgan fingerprint density at radius 3 is 2.21 bits per heavy atom. The monoisotopic (exact) mass is 447 g/mol. The van der Waals surface area contributed by atoms with E-state index in [0.717, 1.165) is 28.3 Å². The molecule has 2 aromatic rings. The third-order valence-electron chi connectivity index (χ3n) is 6.34. The molecule has 0 saturated carbocycles. The molecule has 0 saturated heterocycles. The van der Waals surface area contributed by atoms with Crippen LogP contribution in [0.25, 0.3) is 0 Å². The van der Waals surface area contributed by atoms with Crippen LogP contribution in [0, 0.1) is 0 Å². The molecule has 0 spiro atoms. The summed E-state index contributed by atoms with van der Waals surface area (Å²) in [5.74, 6) is 0.720. The van der Waals surface area contributed by atoms with Crippen LogP contribution in [0.3, 0.4) is 0 Å². The summed E-state index contributed by atoms with van der Waals surface area (Å²) in [7, 11) is 3.00. The van der Waals surface area contributed by atoms with E-state index in [1.54, 1.807) is 7.11 Å². The second-order valence-corrected chi connectivity index (χ2v) is 8.28. The van der Waals surface area contributed by atoms with Crippen LogP contribution in [0.15, 0.2) is 71.1 Å². The van der Waals surface area contributed by atoms with Crippen LogP contribution in [-0.4, -0.2) is 32.6 Å². The number of esters is 1. The van der Waals surface area contributed by atoms with Crippen molar-refractivity contribution in [1.82, 2.24) is 5.32 Å². The highest BCUT2D eigenvalue weighted by Gasteiger charge is 2.41. The Morgan fingerprint density at radius 2 is 1.61 bits per heavy atom. The summed E-state index contributed by atoms with van der Waals surface area (Å²) in [6.45, 7) is 4.36. The first kappa shape index (κ1) is 22.6. The lowest BCUT2D eigenvalue weighted by molar-refractivity contribution is -0.136. The maximum absolute atomic E-state index is 13.5. The average molecular weight is 448 g/mol. The lowest BCUT2D eigenvalue weighted by Crippen LogP contribution is -2.36. The molecule has 0 unspecified atom stereocenters. The Hall–Kier alpha value is -3.54. The van der Waals surface area contributed by atoms with Gasteiger partial charge in [0.05, 0.1) is 26.4 Å². The number of carbonyl (C=O) groups is 2. The molecule has 0 aromatic heterocycles.